The third-order valence-electron chi connectivity index (χ3n) is 3.73. The van der Waals surface area contributed by atoms with Gasteiger partial charge in [0.05, 0.1) is 0 Å². The number of amides is 1. The standard InChI is InChI=1S/C17H17BrN2O/c1-11(12-3-2-4-14(18)9-12)19-15-6-7-16-13(10-15)5-8-17(21)20-16/h2-4,6-7,9-11,19H,5,8H2,1H3,(H,20,21). The Labute approximate surface area is 132 Å². The van der Waals surface area contributed by atoms with E-state index in [0.717, 1.165) is 22.3 Å². The van der Waals surface area contributed by atoms with Crippen molar-refractivity contribution in [3.8, 4) is 0 Å². The van der Waals surface area contributed by atoms with Crippen molar-refractivity contribution >= 4 is 33.2 Å². The molecule has 1 unspecified atom stereocenters. The molecular weight excluding hydrogens is 328 g/mol. The van der Waals surface area contributed by atoms with Gasteiger partial charge in [0.1, 0.15) is 0 Å². The molecule has 3 rings (SSSR count). The molecule has 3 nitrogen and oxygen atoms in total. The summed E-state index contributed by atoms with van der Waals surface area (Å²) in [6.45, 7) is 2.14. The van der Waals surface area contributed by atoms with E-state index in [9.17, 15) is 4.79 Å². The second-order valence-corrected chi connectivity index (χ2v) is 6.26. The van der Waals surface area contributed by atoms with Gasteiger partial charge in [0, 0.05) is 28.3 Å². The first kappa shape index (κ1) is 14.1. The zero-order valence-corrected chi connectivity index (χ0v) is 13.4. The summed E-state index contributed by atoms with van der Waals surface area (Å²) < 4.78 is 1.09. The average molecular weight is 345 g/mol. The Bertz CT molecular complexity index is 684. The zero-order valence-electron chi connectivity index (χ0n) is 11.8. The Hall–Kier alpha value is -1.81. The summed E-state index contributed by atoms with van der Waals surface area (Å²) in [5.74, 6) is 0.103. The molecule has 1 aliphatic rings. The van der Waals surface area contributed by atoms with Gasteiger partial charge in [-0.05, 0) is 54.8 Å². The number of halogens is 1. The van der Waals surface area contributed by atoms with Crippen LogP contribution in [0, 0.1) is 0 Å². The highest BCUT2D eigenvalue weighted by atomic mass is 79.9. The summed E-state index contributed by atoms with van der Waals surface area (Å²) in [6, 6.07) is 14.6. The Morgan fingerprint density at radius 2 is 2.05 bits per heavy atom. The Kier molecular flexibility index (Phi) is 3.97. The fourth-order valence-electron chi connectivity index (χ4n) is 2.58. The monoisotopic (exact) mass is 344 g/mol. The molecule has 1 aliphatic heterocycles. The van der Waals surface area contributed by atoms with Gasteiger partial charge in [0.25, 0.3) is 0 Å². The molecule has 21 heavy (non-hydrogen) atoms. The first-order valence-corrected chi connectivity index (χ1v) is 7.86. The minimum atomic E-state index is 0.103. The normalized spacial score (nSPS) is 15.0. The minimum Gasteiger partial charge on any atom is -0.379 e. The Morgan fingerprint density at radius 3 is 2.86 bits per heavy atom. The first-order chi connectivity index (χ1) is 10.1. The van der Waals surface area contributed by atoms with Gasteiger partial charge in [-0.1, -0.05) is 28.1 Å². The van der Waals surface area contributed by atoms with Gasteiger partial charge in [0.15, 0.2) is 0 Å². The Balaban J connectivity index is 1.77. The van der Waals surface area contributed by atoms with Crippen LogP contribution in [0.3, 0.4) is 0 Å². The predicted octanol–water partition coefficient (Wildman–Crippen LogP) is 4.51. The lowest BCUT2D eigenvalue weighted by Gasteiger charge is -2.20. The Morgan fingerprint density at radius 1 is 1.19 bits per heavy atom. The summed E-state index contributed by atoms with van der Waals surface area (Å²) in [7, 11) is 0. The largest absolute Gasteiger partial charge is 0.379 e. The molecule has 1 heterocycles. The molecule has 2 aromatic carbocycles. The van der Waals surface area contributed by atoms with Gasteiger partial charge in [-0.15, -0.1) is 0 Å². The van der Waals surface area contributed by atoms with Crippen LogP contribution in [0.25, 0.3) is 0 Å². The molecule has 1 atom stereocenters. The maximum absolute atomic E-state index is 11.4. The molecule has 0 radical (unpaired) electrons. The second-order valence-electron chi connectivity index (χ2n) is 5.34. The summed E-state index contributed by atoms with van der Waals surface area (Å²) in [5.41, 5.74) is 4.45. The second kappa shape index (κ2) is 5.90. The molecule has 2 N–H and O–H groups in total. The van der Waals surface area contributed by atoms with Gasteiger partial charge in [0.2, 0.25) is 5.91 Å². The summed E-state index contributed by atoms with van der Waals surface area (Å²) in [6.07, 6.45) is 1.37. The summed E-state index contributed by atoms with van der Waals surface area (Å²) in [4.78, 5) is 11.4. The van der Waals surface area contributed by atoms with E-state index in [2.05, 4.69) is 51.7 Å². The van der Waals surface area contributed by atoms with E-state index in [0.29, 0.717) is 6.42 Å². The van der Waals surface area contributed by atoms with Crippen molar-refractivity contribution in [1.29, 1.82) is 0 Å². The molecule has 0 saturated heterocycles. The molecule has 0 spiro atoms. The fraction of sp³-hybridized carbons (Fsp3) is 0.235. The van der Waals surface area contributed by atoms with Crippen molar-refractivity contribution in [1.82, 2.24) is 0 Å². The van der Waals surface area contributed by atoms with E-state index in [1.54, 1.807) is 0 Å². The molecule has 0 saturated carbocycles. The lowest BCUT2D eigenvalue weighted by atomic mass is 10.0. The highest BCUT2D eigenvalue weighted by Gasteiger charge is 2.15. The van der Waals surface area contributed by atoms with E-state index < -0.39 is 0 Å². The van der Waals surface area contributed by atoms with Crippen molar-refractivity contribution in [2.24, 2.45) is 0 Å². The first-order valence-electron chi connectivity index (χ1n) is 7.06. The molecule has 4 heteroatoms. The van der Waals surface area contributed by atoms with E-state index in [1.807, 2.05) is 24.3 Å². The quantitative estimate of drug-likeness (QED) is 0.860. The van der Waals surface area contributed by atoms with Crippen LogP contribution in [0.4, 0.5) is 11.4 Å². The number of carbonyl (C=O) groups excluding carboxylic acids is 1. The van der Waals surface area contributed by atoms with Crippen molar-refractivity contribution in [2.45, 2.75) is 25.8 Å². The molecule has 0 fully saturated rings. The van der Waals surface area contributed by atoms with E-state index in [1.165, 1.54) is 11.1 Å². The maximum Gasteiger partial charge on any atom is 0.224 e. The number of hydrogen-bond acceptors (Lipinski definition) is 2. The third-order valence-corrected chi connectivity index (χ3v) is 4.23. The number of fused-ring (bicyclic) bond motifs is 1. The van der Waals surface area contributed by atoms with E-state index >= 15 is 0 Å². The molecule has 2 aromatic rings. The number of benzene rings is 2. The van der Waals surface area contributed by atoms with Crippen LogP contribution in [0.2, 0.25) is 0 Å². The number of rotatable bonds is 3. The summed E-state index contributed by atoms with van der Waals surface area (Å²) in [5, 5.41) is 6.42. The highest BCUT2D eigenvalue weighted by Crippen LogP contribution is 2.28. The topological polar surface area (TPSA) is 41.1 Å². The van der Waals surface area contributed by atoms with Crippen LogP contribution in [0.1, 0.15) is 30.5 Å². The van der Waals surface area contributed by atoms with Crippen LogP contribution in [-0.2, 0) is 11.2 Å². The van der Waals surface area contributed by atoms with Crippen molar-refractivity contribution in [3.63, 3.8) is 0 Å². The van der Waals surface area contributed by atoms with Gasteiger partial charge in [-0.25, -0.2) is 0 Å². The molecule has 0 bridgehead atoms. The number of anilines is 2. The fourth-order valence-corrected chi connectivity index (χ4v) is 3.00. The van der Waals surface area contributed by atoms with Crippen molar-refractivity contribution in [3.05, 3.63) is 58.1 Å². The zero-order chi connectivity index (χ0) is 14.8. The maximum atomic E-state index is 11.4. The summed E-state index contributed by atoms with van der Waals surface area (Å²) >= 11 is 3.50. The SMILES string of the molecule is CC(Nc1ccc2c(c1)CCC(=O)N2)c1cccc(Br)c1. The third kappa shape index (κ3) is 3.27. The predicted molar refractivity (Wildman–Crippen MR) is 89.6 cm³/mol. The van der Waals surface area contributed by atoms with E-state index in [-0.39, 0.29) is 11.9 Å². The number of aryl methyl sites for hydroxylation is 1. The van der Waals surface area contributed by atoms with Crippen molar-refractivity contribution < 1.29 is 4.79 Å². The van der Waals surface area contributed by atoms with Gasteiger partial charge in [-0.2, -0.15) is 0 Å². The number of hydrogen-bond donors (Lipinski definition) is 2. The van der Waals surface area contributed by atoms with Crippen LogP contribution in [-0.4, -0.2) is 5.91 Å². The number of nitrogens with one attached hydrogen (secondary N) is 2. The average Bonchev–Trinajstić information content (AvgIpc) is 2.47. The highest BCUT2D eigenvalue weighted by molar-refractivity contribution is 9.10. The van der Waals surface area contributed by atoms with Gasteiger partial charge in [-0.3, -0.25) is 4.79 Å². The molecular formula is C17H17BrN2O. The lowest BCUT2D eigenvalue weighted by molar-refractivity contribution is -0.116. The van der Waals surface area contributed by atoms with Gasteiger partial charge < -0.3 is 10.6 Å². The van der Waals surface area contributed by atoms with Gasteiger partial charge >= 0.3 is 0 Å². The smallest absolute Gasteiger partial charge is 0.224 e. The number of carbonyl (C=O) groups is 1. The van der Waals surface area contributed by atoms with E-state index in [4.69, 9.17) is 0 Å². The van der Waals surface area contributed by atoms with Crippen LogP contribution >= 0.6 is 15.9 Å². The molecule has 108 valence electrons. The van der Waals surface area contributed by atoms with Crippen molar-refractivity contribution in [2.75, 3.05) is 10.6 Å². The van der Waals surface area contributed by atoms with Crippen LogP contribution < -0.4 is 10.6 Å². The molecule has 0 aliphatic carbocycles. The minimum absolute atomic E-state index is 0.103. The van der Waals surface area contributed by atoms with Crippen LogP contribution in [0.5, 0.6) is 0 Å². The van der Waals surface area contributed by atoms with Crippen LogP contribution in [0.15, 0.2) is 46.9 Å². The molecule has 0 aromatic heterocycles. The molecule has 1 amide bonds. The lowest BCUT2D eigenvalue weighted by Crippen LogP contribution is -2.19.